The number of thiazole rings is 1. The van der Waals surface area contributed by atoms with Crippen LogP contribution in [0.1, 0.15) is 30.3 Å². The number of carbonyl (C=O) groups is 1. The summed E-state index contributed by atoms with van der Waals surface area (Å²) in [5.41, 5.74) is 1.04. The molecule has 9 heteroatoms. The maximum absolute atomic E-state index is 13.4. The summed E-state index contributed by atoms with van der Waals surface area (Å²) < 4.78 is 12.3. The number of fused-ring (bicyclic) bond motifs is 1. The molecule has 1 N–H and O–H groups in total. The predicted octanol–water partition coefficient (Wildman–Crippen LogP) is 2.57. The van der Waals surface area contributed by atoms with Crippen LogP contribution in [0, 0.1) is 0 Å². The number of ether oxygens (including phenoxy) is 2. The zero-order valence-corrected chi connectivity index (χ0v) is 18.8. The lowest BCUT2D eigenvalue weighted by molar-refractivity contribution is -0.139. The van der Waals surface area contributed by atoms with Crippen molar-refractivity contribution in [3.05, 3.63) is 77.1 Å². The Bertz CT molecular complexity index is 1350. The average molecular weight is 457 g/mol. The largest absolute Gasteiger partial charge is 0.504 e. The lowest BCUT2D eigenvalue weighted by Gasteiger charge is -2.23. The van der Waals surface area contributed by atoms with E-state index in [9.17, 15) is 14.7 Å². The van der Waals surface area contributed by atoms with Gasteiger partial charge in [-0.2, -0.15) is 0 Å². The number of hydrogen-bond donors (Lipinski definition) is 1. The summed E-state index contributed by atoms with van der Waals surface area (Å²) >= 11 is 2.66. The Morgan fingerprint density at radius 3 is 2.81 bits per heavy atom. The molecule has 31 heavy (non-hydrogen) atoms. The molecule has 1 aromatic carbocycles. The quantitative estimate of drug-likeness (QED) is 0.596. The van der Waals surface area contributed by atoms with E-state index in [0.29, 0.717) is 31.9 Å². The van der Waals surface area contributed by atoms with Gasteiger partial charge in [-0.15, -0.1) is 11.3 Å². The second-order valence-corrected chi connectivity index (χ2v) is 8.70. The Balaban J connectivity index is 1.95. The third kappa shape index (κ3) is 3.70. The summed E-state index contributed by atoms with van der Waals surface area (Å²) in [4.78, 5) is 32.0. The molecule has 0 radical (unpaired) electrons. The minimum Gasteiger partial charge on any atom is -0.504 e. The smallest absolute Gasteiger partial charge is 0.338 e. The van der Waals surface area contributed by atoms with Gasteiger partial charge in [-0.25, -0.2) is 9.79 Å². The van der Waals surface area contributed by atoms with E-state index >= 15 is 0 Å². The van der Waals surface area contributed by atoms with Crippen LogP contribution in [0.4, 0.5) is 0 Å². The number of carbonyl (C=O) groups excluding carboxylic acids is 1. The van der Waals surface area contributed by atoms with E-state index in [1.54, 1.807) is 38.1 Å². The van der Waals surface area contributed by atoms with Crippen LogP contribution < -0.4 is 19.6 Å². The zero-order valence-electron chi connectivity index (χ0n) is 17.1. The fourth-order valence-corrected chi connectivity index (χ4v) is 5.33. The van der Waals surface area contributed by atoms with Crippen molar-refractivity contribution in [2.45, 2.75) is 19.9 Å². The molecule has 0 fully saturated rings. The van der Waals surface area contributed by atoms with Crippen LogP contribution in [-0.2, 0) is 9.53 Å². The summed E-state index contributed by atoms with van der Waals surface area (Å²) in [6.45, 7) is 3.72. The van der Waals surface area contributed by atoms with Crippen molar-refractivity contribution in [1.82, 2.24) is 4.57 Å². The number of rotatable bonds is 5. The minimum absolute atomic E-state index is 0.0472. The molecule has 160 valence electrons. The summed E-state index contributed by atoms with van der Waals surface area (Å²) in [7, 11) is 1.47. The molecule has 0 aliphatic carbocycles. The monoisotopic (exact) mass is 456 g/mol. The maximum atomic E-state index is 13.4. The van der Waals surface area contributed by atoms with E-state index in [2.05, 4.69) is 4.99 Å². The normalized spacial score (nSPS) is 16.1. The molecule has 1 aliphatic rings. The van der Waals surface area contributed by atoms with Gasteiger partial charge < -0.3 is 14.6 Å². The first-order valence-electron chi connectivity index (χ1n) is 9.55. The average Bonchev–Trinajstić information content (AvgIpc) is 3.37. The molecule has 1 aliphatic heterocycles. The van der Waals surface area contributed by atoms with Crippen LogP contribution in [0.2, 0.25) is 0 Å². The van der Waals surface area contributed by atoms with Crippen molar-refractivity contribution in [2.75, 3.05) is 13.7 Å². The number of hydrogen-bond acceptors (Lipinski definition) is 8. The second-order valence-electron chi connectivity index (χ2n) is 6.72. The Labute approximate surface area is 185 Å². The molecule has 4 rings (SSSR count). The summed E-state index contributed by atoms with van der Waals surface area (Å²) in [5, 5.41) is 12.3. The number of allylic oxidation sites excluding steroid dienone is 1. The van der Waals surface area contributed by atoms with Crippen molar-refractivity contribution in [2.24, 2.45) is 4.99 Å². The van der Waals surface area contributed by atoms with Gasteiger partial charge in [-0.3, -0.25) is 9.36 Å². The fourth-order valence-electron chi connectivity index (χ4n) is 3.47. The number of phenols is 1. The Morgan fingerprint density at radius 2 is 2.13 bits per heavy atom. The highest BCUT2D eigenvalue weighted by molar-refractivity contribution is 7.10. The van der Waals surface area contributed by atoms with Crippen molar-refractivity contribution in [3.8, 4) is 11.5 Å². The molecule has 0 saturated heterocycles. The van der Waals surface area contributed by atoms with E-state index in [1.165, 1.54) is 34.4 Å². The molecule has 7 nitrogen and oxygen atoms in total. The van der Waals surface area contributed by atoms with Crippen molar-refractivity contribution >= 4 is 34.7 Å². The minimum atomic E-state index is -0.614. The first-order chi connectivity index (χ1) is 15.0. The first kappa shape index (κ1) is 21.1. The van der Waals surface area contributed by atoms with Gasteiger partial charge in [0.15, 0.2) is 16.3 Å². The van der Waals surface area contributed by atoms with Crippen molar-refractivity contribution in [3.63, 3.8) is 0 Å². The molecule has 1 atom stereocenters. The standard InChI is InChI=1S/C22H20N2O5S2/c1-4-29-21(27)17-12(2)23-22-24(18(17)15-9-6-10-30-15)20(26)16(31-22)11-13-7-5-8-14(28-3)19(13)25/h5-11,18,25H,4H2,1-3H3/b16-11+/t18-/m0/s1. The first-order valence-corrected chi connectivity index (χ1v) is 11.2. The van der Waals surface area contributed by atoms with Gasteiger partial charge >= 0.3 is 5.97 Å². The molecule has 0 amide bonds. The lowest BCUT2D eigenvalue weighted by atomic mass is 10.0. The molecule has 0 bridgehead atoms. The van der Waals surface area contributed by atoms with Gasteiger partial charge in [-0.05, 0) is 37.4 Å². The Hall–Kier alpha value is -3.17. The molecule has 3 heterocycles. The molecule has 0 unspecified atom stereocenters. The number of aromatic nitrogens is 1. The number of aromatic hydroxyl groups is 1. The van der Waals surface area contributed by atoms with Gasteiger partial charge in [0.05, 0.1) is 29.5 Å². The summed E-state index contributed by atoms with van der Waals surface area (Å²) in [5.74, 6) is -0.214. The lowest BCUT2D eigenvalue weighted by Crippen LogP contribution is -2.39. The van der Waals surface area contributed by atoms with Crippen LogP contribution in [-0.4, -0.2) is 29.4 Å². The topological polar surface area (TPSA) is 90.1 Å². The number of thiophene rings is 1. The highest BCUT2D eigenvalue weighted by Crippen LogP contribution is 2.33. The predicted molar refractivity (Wildman–Crippen MR) is 119 cm³/mol. The molecule has 0 spiro atoms. The van der Waals surface area contributed by atoms with Crippen LogP contribution in [0.3, 0.4) is 0 Å². The maximum Gasteiger partial charge on any atom is 0.338 e. The van der Waals surface area contributed by atoms with E-state index in [4.69, 9.17) is 9.47 Å². The summed E-state index contributed by atoms with van der Waals surface area (Å²) in [6.07, 6.45) is 1.61. The number of para-hydroxylation sites is 1. The van der Waals surface area contributed by atoms with Gasteiger partial charge in [0, 0.05) is 10.4 Å². The van der Waals surface area contributed by atoms with Gasteiger partial charge in [0.2, 0.25) is 0 Å². The summed E-state index contributed by atoms with van der Waals surface area (Å²) in [6, 6.07) is 8.22. The third-order valence-electron chi connectivity index (χ3n) is 4.87. The van der Waals surface area contributed by atoms with Crippen LogP contribution >= 0.6 is 22.7 Å². The Kier molecular flexibility index (Phi) is 5.79. The zero-order chi connectivity index (χ0) is 22.1. The van der Waals surface area contributed by atoms with Gasteiger partial charge in [-0.1, -0.05) is 29.5 Å². The number of esters is 1. The highest BCUT2D eigenvalue weighted by Gasteiger charge is 2.33. The number of nitrogens with zero attached hydrogens (tertiary/aromatic N) is 2. The third-order valence-corrected chi connectivity index (χ3v) is 6.77. The molecule has 3 aromatic rings. The van der Waals surface area contributed by atoms with E-state index in [-0.39, 0.29) is 17.9 Å². The number of benzene rings is 1. The van der Waals surface area contributed by atoms with Crippen LogP contribution in [0.5, 0.6) is 11.5 Å². The van der Waals surface area contributed by atoms with Crippen LogP contribution in [0.25, 0.3) is 6.08 Å². The van der Waals surface area contributed by atoms with E-state index in [0.717, 1.165) is 4.88 Å². The van der Waals surface area contributed by atoms with Crippen molar-refractivity contribution in [1.29, 1.82) is 0 Å². The van der Waals surface area contributed by atoms with Gasteiger partial charge in [0.25, 0.3) is 5.56 Å². The Morgan fingerprint density at radius 1 is 1.32 bits per heavy atom. The van der Waals surface area contributed by atoms with Gasteiger partial charge in [0.1, 0.15) is 6.04 Å². The second kappa shape index (κ2) is 8.52. The highest BCUT2D eigenvalue weighted by atomic mass is 32.1. The SMILES string of the molecule is CCOC(=O)C1=C(C)N=c2s/c(=C/c3cccc(OC)c3O)c(=O)n2[C@H]1c1cccs1. The molecular formula is C22H20N2O5S2. The van der Waals surface area contributed by atoms with E-state index in [1.807, 2.05) is 17.5 Å². The van der Waals surface area contributed by atoms with Crippen LogP contribution in [0.15, 0.2) is 56.8 Å². The molecule has 2 aromatic heterocycles. The van der Waals surface area contributed by atoms with Crippen molar-refractivity contribution < 1.29 is 19.4 Å². The molecule has 0 saturated carbocycles. The number of phenolic OH excluding ortho intramolecular Hbond substituents is 1. The number of methoxy groups -OCH3 is 1. The fraction of sp³-hybridized carbons (Fsp3) is 0.227. The molecular weight excluding hydrogens is 436 g/mol. The van der Waals surface area contributed by atoms with E-state index < -0.39 is 12.0 Å².